The quantitative estimate of drug-likeness (QED) is 0.749. The Hall–Kier alpha value is -3.32. The van der Waals surface area contributed by atoms with Crippen molar-refractivity contribution in [2.45, 2.75) is 6.54 Å². The van der Waals surface area contributed by atoms with E-state index >= 15 is 0 Å². The van der Waals surface area contributed by atoms with Crippen molar-refractivity contribution in [1.29, 1.82) is 0 Å². The Balaban J connectivity index is 1.51. The summed E-state index contributed by atoms with van der Waals surface area (Å²) in [6, 6.07) is 13.6. The van der Waals surface area contributed by atoms with Crippen LogP contribution in [0.5, 0.6) is 11.5 Å². The van der Waals surface area contributed by atoms with Crippen LogP contribution in [0.2, 0.25) is 5.02 Å². The van der Waals surface area contributed by atoms with Gasteiger partial charge < -0.3 is 14.8 Å². The molecule has 0 fully saturated rings. The van der Waals surface area contributed by atoms with Gasteiger partial charge in [0.05, 0.1) is 22.7 Å². The van der Waals surface area contributed by atoms with Gasteiger partial charge in [0.2, 0.25) is 12.7 Å². The summed E-state index contributed by atoms with van der Waals surface area (Å²) >= 11 is 6.02. The van der Waals surface area contributed by atoms with Gasteiger partial charge in [0.15, 0.2) is 11.5 Å². The fourth-order valence-electron chi connectivity index (χ4n) is 2.67. The molecule has 0 bridgehead atoms. The first kappa shape index (κ1) is 17.1. The van der Waals surface area contributed by atoms with Crippen LogP contribution < -0.4 is 20.3 Å². The number of carbonyl (C=O) groups is 1. The third-order valence-electron chi connectivity index (χ3n) is 4.01. The molecule has 2 aromatic carbocycles. The first-order valence-electron chi connectivity index (χ1n) is 8.11. The number of carbonyl (C=O) groups excluding carboxylic acids is 1. The van der Waals surface area contributed by atoms with Crippen molar-refractivity contribution in [3.05, 3.63) is 70.2 Å². The van der Waals surface area contributed by atoms with Crippen LogP contribution >= 0.6 is 11.6 Å². The number of nitrogens with zero attached hydrogens (tertiary/aromatic N) is 2. The summed E-state index contributed by atoms with van der Waals surface area (Å²) in [5.41, 5.74) is 1.36. The fraction of sp³-hybridized carbons (Fsp3) is 0.105. The highest BCUT2D eigenvalue weighted by Crippen LogP contribution is 2.35. The van der Waals surface area contributed by atoms with E-state index in [0.29, 0.717) is 27.9 Å². The second kappa shape index (κ2) is 7.13. The van der Waals surface area contributed by atoms with Gasteiger partial charge in [0.1, 0.15) is 6.54 Å². The van der Waals surface area contributed by atoms with Crippen LogP contribution in [0.25, 0.3) is 11.3 Å². The number of amides is 1. The fourth-order valence-corrected chi connectivity index (χ4v) is 2.85. The lowest BCUT2D eigenvalue weighted by molar-refractivity contribution is -0.116. The maximum absolute atomic E-state index is 12.4. The molecule has 0 atom stereocenters. The zero-order valence-corrected chi connectivity index (χ0v) is 14.8. The number of hydrogen-bond acceptors (Lipinski definition) is 5. The van der Waals surface area contributed by atoms with Gasteiger partial charge >= 0.3 is 0 Å². The lowest BCUT2D eigenvalue weighted by Crippen LogP contribution is -2.27. The topological polar surface area (TPSA) is 82.5 Å². The summed E-state index contributed by atoms with van der Waals surface area (Å²) < 4.78 is 11.8. The highest BCUT2D eigenvalue weighted by Gasteiger charge is 2.15. The molecule has 1 aromatic heterocycles. The number of anilines is 1. The Labute approximate surface area is 159 Å². The van der Waals surface area contributed by atoms with Gasteiger partial charge in [-0.15, -0.1) is 0 Å². The van der Waals surface area contributed by atoms with Gasteiger partial charge in [0, 0.05) is 11.6 Å². The highest BCUT2D eigenvalue weighted by atomic mass is 35.5. The van der Waals surface area contributed by atoms with Gasteiger partial charge in [-0.1, -0.05) is 23.7 Å². The lowest BCUT2D eigenvalue weighted by atomic mass is 10.1. The largest absolute Gasteiger partial charge is 0.454 e. The predicted octanol–water partition coefficient (Wildman–Crippen LogP) is 2.93. The first-order chi connectivity index (χ1) is 13.1. The van der Waals surface area contributed by atoms with Crippen LogP contribution in [0, 0.1) is 0 Å². The average Bonchev–Trinajstić information content (AvgIpc) is 3.13. The van der Waals surface area contributed by atoms with Gasteiger partial charge in [-0.2, -0.15) is 0 Å². The number of para-hydroxylation sites is 1. The van der Waals surface area contributed by atoms with Crippen LogP contribution in [0.3, 0.4) is 0 Å². The monoisotopic (exact) mass is 383 g/mol. The van der Waals surface area contributed by atoms with Crippen LogP contribution in [0.15, 0.2) is 59.7 Å². The molecule has 1 aliphatic rings. The molecule has 1 aliphatic heterocycles. The molecule has 2 heterocycles. The molecule has 3 aromatic rings. The zero-order chi connectivity index (χ0) is 18.8. The van der Waals surface area contributed by atoms with Crippen molar-refractivity contribution in [3.63, 3.8) is 0 Å². The van der Waals surface area contributed by atoms with Gasteiger partial charge in [-0.3, -0.25) is 14.2 Å². The van der Waals surface area contributed by atoms with E-state index in [9.17, 15) is 9.59 Å². The van der Waals surface area contributed by atoms with E-state index in [1.54, 1.807) is 42.5 Å². The predicted molar refractivity (Wildman–Crippen MR) is 100 cm³/mol. The molecule has 8 heteroatoms. The zero-order valence-electron chi connectivity index (χ0n) is 14.0. The van der Waals surface area contributed by atoms with Gasteiger partial charge in [0.25, 0.3) is 5.56 Å². The van der Waals surface area contributed by atoms with Crippen molar-refractivity contribution in [3.8, 4) is 22.8 Å². The minimum atomic E-state index is -0.372. The number of rotatable bonds is 4. The lowest BCUT2D eigenvalue weighted by Gasteiger charge is -2.09. The molecular formula is C19H14ClN3O4. The number of ether oxygens (including phenoxy) is 2. The van der Waals surface area contributed by atoms with Crippen molar-refractivity contribution >= 4 is 23.2 Å². The number of halogens is 1. The number of benzene rings is 2. The summed E-state index contributed by atoms with van der Waals surface area (Å²) in [5, 5.41) is 3.10. The molecule has 0 saturated carbocycles. The minimum Gasteiger partial charge on any atom is -0.454 e. The third kappa shape index (κ3) is 3.63. The maximum atomic E-state index is 12.4. The number of nitrogens with one attached hydrogen (secondary N) is 1. The van der Waals surface area contributed by atoms with E-state index in [-0.39, 0.29) is 24.8 Å². The summed E-state index contributed by atoms with van der Waals surface area (Å²) in [7, 11) is 0. The number of hydrogen-bond donors (Lipinski definition) is 1. The molecule has 4 rings (SSSR count). The molecule has 1 N–H and O–H groups in total. The van der Waals surface area contributed by atoms with E-state index in [2.05, 4.69) is 10.3 Å². The highest BCUT2D eigenvalue weighted by molar-refractivity contribution is 6.33. The normalized spacial score (nSPS) is 12.0. The Bertz CT molecular complexity index is 1080. The van der Waals surface area contributed by atoms with Crippen LogP contribution in [0.4, 0.5) is 5.69 Å². The van der Waals surface area contributed by atoms with Crippen molar-refractivity contribution in [2.24, 2.45) is 0 Å². The minimum absolute atomic E-state index is 0.168. The second-order valence-corrected chi connectivity index (χ2v) is 6.24. The van der Waals surface area contributed by atoms with Gasteiger partial charge in [-0.05, 0) is 30.3 Å². The summed E-state index contributed by atoms with van der Waals surface area (Å²) in [6.07, 6.45) is 1.34. The first-order valence-corrected chi connectivity index (χ1v) is 8.49. The third-order valence-corrected chi connectivity index (χ3v) is 4.34. The molecule has 0 saturated heterocycles. The summed E-state index contributed by atoms with van der Waals surface area (Å²) in [5.74, 6) is 0.892. The molecule has 1 amide bonds. The van der Waals surface area contributed by atoms with Gasteiger partial charge in [-0.25, -0.2) is 4.98 Å². The molecule has 0 aliphatic carbocycles. The smallest absolute Gasteiger partial charge is 0.254 e. The standard InChI is InChI=1S/C19H14ClN3O4/c20-13-3-1-2-4-14(13)22-18(24)9-23-10-21-15(8-19(23)25)12-5-6-16-17(7-12)27-11-26-16/h1-8,10H,9,11H2,(H,22,24). The number of fused-ring (bicyclic) bond motifs is 1. The Kier molecular flexibility index (Phi) is 4.52. The van der Waals surface area contributed by atoms with E-state index in [1.807, 2.05) is 0 Å². The van der Waals surface area contributed by atoms with E-state index < -0.39 is 0 Å². The van der Waals surface area contributed by atoms with Crippen LogP contribution in [-0.2, 0) is 11.3 Å². The maximum Gasteiger partial charge on any atom is 0.254 e. The summed E-state index contributed by atoms with van der Waals surface area (Å²) in [4.78, 5) is 28.8. The van der Waals surface area contributed by atoms with Crippen molar-refractivity contribution < 1.29 is 14.3 Å². The molecular weight excluding hydrogens is 370 g/mol. The number of aromatic nitrogens is 2. The van der Waals surface area contributed by atoms with E-state index in [0.717, 1.165) is 5.56 Å². The molecule has 136 valence electrons. The SMILES string of the molecule is O=C(Cn1cnc(-c2ccc3c(c2)OCO3)cc1=O)Nc1ccccc1Cl. The van der Waals surface area contributed by atoms with Crippen molar-refractivity contribution in [2.75, 3.05) is 12.1 Å². The Morgan fingerprint density at radius 2 is 1.96 bits per heavy atom. The molecule has 0 radical (unpaired) electrons. The molecule has 7 nitrogen and oxygen atoms in total. The van der Waals surface area contributed by atoms with E-state index in [1.165, 1.54) is 17.0 Å². The van der Waals surface area contributed by atoms with E-state index in [4.69, 9.17) is 21.1 Å². The molecule has 0 spiro atoms. The second-order valence-electron chi connectivity index (χ2n) is 5.84. The van der Waals surface area contributed by atoms with Crippen molar-refractivity contribution in [1.82, 2.24) is 9.55 Å². The Morgan fingerprint density at radius 1 is 1.15 bits per heavy atom. The Morgan fingerprint density at radius 3 is 2.78 bits per heavy atom. The molecule has 0 unspecified atom stereocenters. The summed E-state index contributed by atoms with van der Waals surface area (Å²) in [6.45, 7) is 0.00677. The van der Waals surface area contributed by atoms with Crippen LogP contribution in [0.1, 0.15) is 0 Å². The average molecular weight is 384 g/mol. The molecule has 27 heavy (non-hydrogen) atoms. The van der Waals surface area contributed by atoms with Crippen LogP contribution in [-0.4, -0.2) is 22.3 Å².